The van der Waals surface area contributed by atoms with Crippen LogP contribution in [0.4, 0.5) is 17.1 Å². The van der Waals surface area contributed by atoms with Crippen LogP contribution in [0.25, 0.3) is 27.8 Å². The molecule has 8 heteroatoms. The van der Waals surface area contributed by atoms with E-state index in [1.807, 2.05) is 0 Å². The van der Waals surface area contributed by atoms with Gasteiger partial charge in [-0.1, -0.05) is 49.4 Å². The fourth-order valence-electron chi connectivity index (χ4n) is 10.0. The van der Waals surface area contributed by atoms with Crippen molar-refractivity contribution < 1.29 is 18.9 Å². The Labute approximate surface area is 257 Å². The number of ether oxygens (including phenoxy) is 4. The van der Waals surface area contributed by atoms with E-state index >= 15 is 0 Å². The molecule has 6 nitrogen and oxygen atoms in total. The molecule has 8 heterocycles. The van der Waals surface area contributed by atoms with Crippen LogP contribution in [0.1, 0.15) is 18.9 Å². The molecule has 1 atom stereocenters. The van der Waals surface area contributed by atoms with E-state index in [0.717, 1.165) is 69.5 Å². The smallest absolute Gasteiger partial charge is 0.337 e. The van der Waals surface area contributed by atoms with Gasteiger partial charge < -0.3 is 28.6 Å². The quantitative estimate of drug-likeness (QED) is 0.211. The molecule has 9 aliphatic rings. The van der Waals surface area contributed by atoms with E-state index in [4.69, 9.17) is 18.9 Å². The predicted octanol–water partition coefficient (Wildman–Crippen LogP) is 5.88. The van der Waals surface area contributed by atoms with Crippen molar-refractivity contribution in [1.29, 1.82) is 0 Å². The van der Waals surface area contributed by atoms with Gasteiger partial charge in [0.1, 0.15) is 28.8 Å². The number of nitrogens with zero attached hydrogens (tertiary/aromatic N) is 2. The summed E-state index contributed by atoms with van der Waals surface area (Å²) in [7, 11) is 0. The Bertz CT molecular complexity index is 2540. The highest BCUT2D eigenvalue weighted by Crippen LogP contribution is 2.65. The number of allylic oxidation sites excluding steroid dienone is 3. The lowest BCUT2D eigenvalue weighted by Gasteiger charge is -2.55. The number of para-hydroxylation sites is 1. The van der Waals surface area contributed by atoms with E-state index < -0.39 is 0 Å². The van der Waals surface area contributed by atoms with Crippen molar-refractivity contribution >= 4 is 58.2 Å². The van der Waals surface area contributed by atoms with Crippen molar-refractivity contribution in [2.75, 3.05) is 9.62 Å². The molecule has 0 bridgehead atoms. The molecule has 0 radical (unpaired) electrons. The van der Waals surface area contributed by atoms with Crippen molar-refractivity contribution in [2.24, 2.45) is 5.92 Å². The first-order chi connectivity index (χ1) is 22.2. The summed E-state index contributed by atoms with van der Waals surface area (Å²) >= 11 is 0. The zero-order chi connectivity index (χ0) is 28.6. The van der Waals surface area contributed by atoms with Crippen LogP contribution >= 0.6 is 0 Å². The molecule has 0 fully saturated rings. The summed E-state index contributed by atoms with van der Waals surface area (Å²) in [5, 5.41) is 0. The first-order valence-electron chi connectivity index (χ1n) is 15.8. The van der Waals surface area contributed by atoms with Crippen molar-refractivity contribution in [1.82, 2.24) is 0 Å². The maximum Gasteiger partial charge on any atom is 0.337 e. The van der Waals surface area contributed by atoms with Gasteiger partial charge in [-0.2, -0.15) is 0 Å². The molecule has 0 saturated carbocycles. The van der Waals surface area contributed by atoms with E-state index in [1.54, 1.807) is 0 Å². The zero-order valence-corrected chi connectivity index (χ0v) is 23.9. The summed E-state index contributed by atoms with van der Waals surface area (Å²) in [4.78, 5) is 5.15. The summed E-state index contributed by atoms with van der Waals surface area (Å²) in [6.45, 7) is 2.19. The Balaban J connectivity index is 1.23. The molecule has 0 aromatic heterocycles. The Hall–Kier alpha value is -5.49. The molecule has 0 amide bonds. The second-order valence-electron chi connectivity index (χ2n) is 13.5. The summed E-state index contributed by atoms with van der Waals surface area (Å²) in [6, 6.07) is 23.7. The number of benzene rings is 5. The average Bonchev–Trinajstić information content (AvgIpc) is 3.06. The minimum atomic E-state index is -0.0496. The lowest BCUT2D eigenvalue weighted by atomic mass is 9.37. The predicted molar refractivity (Wildman–Crippen MR) is 174 cm³/mol. The second-order valence-corrected chi connectivity index (χ2v) is 13.5. The first kappa shape index (κ1) is 21.3. The molecule has 0 N–H and O–H groups in total. The van der Waals surface area contributed by atoms with E-state index in [9.17, 15) is 0 Å². The first-order valence-corrected chi connectivity index (χ1v) is 15.8. The Morgan fingerprint density at radius 2 is 1.18 bits per heavy atom. The minimum absolute atomic E-state index is 0.0359. The van der Waals surface area contributed by atoms with Gasteiger partial charge in [0, 0.05) is 62.2 Å². The number of hydrogen-bond acceptors (Lipinski definition) is 6. The van der Waals surface area contributed by atoms with Gasteiger partial charge in [0.15, 0.2) is 17.2 Å². The van der Waals surface area contributed by atoms with Crippen LogP contribution in [-0.4, -0.2) is 13.7 Å². The molecule has 0 saturated heterocycles. The number of hydrogen-bond donors (Lipinski definition) is 0. The fraction of sp³-hybridized carbons (Fsp3) is 0.0811. The second kappa shape index (κ2) is 6.33. The highest BCUT2D eigenvalue weighted by Gasteiger charge is 2.60. The Morgan fingerprint density at radius 3 is 1.96 bits per heavy atom. The normalized spacial score (nSPS) is 19.9. The SMILES string of the molecule is CC1CC=C2C3=C1Oc1cc4c5c6c1N3B1c3c(cccc32)Oc2cc3c(c-6c21)N1B5c2c(cccc2-c2cccc(c21)O3)O4. The molecule has 14 rings (SSSR count). The van der Waals surface area contributed by atoms with Crippen LogP contribution < -0.4 is 50.4 Å². The molecule has 206 valence electrons. The van der Waals surface area contributed by atoms with E-state index in [1.165, 1.54) is 60.9 Å². The monoisotopic (exact) mass is 576 g/mol. The van der Waals surface area contributed by atoms with E-state index in [2.05, 4.69) is 89.4 Å². The van der Waals surface area contributed by atoms with Gasteiger partial charge in [-0.05, 0) is 35.7 Å². The molecule has 45 heavy (non-hydrogen) atoms. The van der Waals surface area contributed by atoms with Crippen LogP contribution in [0.3, 0.4) is 0 Å². The molecule has 0 spiro atoms. The largest absolute Gasteiger partial charge is 0.458 e. The number of rotatable bonds is 0. The van der Waals surface area contributed by atoms with Crippen LogP contribution in [0.15, 0.2) is 84.3 Å². The standard InChI is InChI=1S/C37H18B2N2O4/c1-15-11-12-19-17-6-3-9-21-30(17)39-32-23(42-21)13-25-35-27(32)28-31-24(14-26-36(28)41(39)34(19)37(15)45-26)43-20-8-2-5-16-18-7-4-10-22(44-25)33(18)40(35)38(31)29(16)20/h2-10,12-15H,11H2,1H3. The third-order valence-corrected chi connectivity index (χ3v) is 11.6. The zero-order valence-electron chi connectivity index (χ0n) is 23.9. The lowest BCUT2D eigenvalue weighted by Crippen LogP contribution is -2.69. The van der Waals surface area contributed by atoms with Crippen molar-refractivity contribution in [2.45, 2.75) is 13.3 Å². The fourth-order valence-corrected chi connectivity index (χ4v) is 10.0. The van der Waals surface area contributed by atoms with Gasteiger partial charge in [0.05, 0.1) is 22.8 Å². The van der Waals surface area contributed by atoms with Gasteiger partial charge in [0.2, 0.25) is 0 Å². The van der Waals surface area contributed by atoms with Crippen LogP contribution in [0.5, 0.6) is 40.2 Å². The maximum absolute atomic E-state index is 7.04. The molecule has 8 aliphatic heterocycles. The molecule has 1 unspecified atom stereocenters. The molecule has 5 aromatic carbocycles. The molecule has 5 aromatic rings. The number of fused-ring (bicyclic) bond motifs is 2. The van der Waals surface area contributed by atoms with Gasteiger partial charge in [-0.15, -0.1) is 0 Å². The third kappa shape index (κ3) is 1.97. The highest BCUT2D eigenvalue weighted by atomic mass is 16.5. The van der Waals surface area contributed by atoms with E-state index in [0.29, 0.717) is 0 Å². The van der Waals surface area contributed by atoms with Crippen LogP contribution in [-0.2, 0) is 0 Å². The van der Waals surface area contributed by atoms with Crippen molar-refractivity contribution in [3.8, 4) is 62.5 Å². The summed E-state index contributed by atoms with van der Waals surface area (Å²) < 4.78 is 27.7. The summed E-state index contributed by atoms with van der Waals surface area (Å²) in [5.41, 5.74) is 16.7. The summed E-state index contributed by atoms with van der Waals surface area (Å²) in [5.74, 6) is 7.44. The number of anilines is 3. The van der Waals surface area contributed by atoms with Crippen LogP contribution in [0, 0.1) is 5.92 Å². The topological polar surface area (TPSA) is 43.4 Å². The van der Waals surface area contributed by atoms with Crippen molar-refractivity contribution in [3.63, 3.8) is 0 Å². The highest BCUT2D eigenvalue weighted by molar-refractivity contribution is 6.97. The van der Waals surface area contributed by atoms with Gasteiger partial charge in [-0.3, -0.25) is 0 Å². The summed E-state index contributed by atoms with van der Waals surface area (Å²) in [6.07, 6.45) is 3.34. The van der Waals surface area contributed by atoms with Crippen LogP contribution in [0.2, 0.25) is 0 Å². The Morgan fingerprint density at radius 1 is 0.578 bits per heavy atom. The lowest BCUT2D eigenvalue weighted by molar-refractivity contribution is 0.342. The molecular formula is C37H18B2N2O4. The van der Waals surface area contributed by atoms with E-state index in [-0.39, 0.29) is 19.6 Å². The van der Waals surface area contributed by atoms with Gasteiger partial charge in [-0.25, -0.2) is 0 Å². The third-order valence-electron chi connectivity index (χ3n) is 11.6. The van der Waals surface area contributed by atoms with Gasteiger partial charge in [0.25, 0.3) is 0 Å². The molecular weight excluding hydrogens is 558 g/mol. The van der Waals surface area contributed by atoms with Gasteiger partial charge >= 0.3 is 13.7 Å². The molecule has 1 aliphatic carbocycles. The minimum Gasteiger partial charge on any atom is -0.458 e. The maximum atomic E-state index is 7.04. The van der Waals surface area contributed by atoms with Crippen molar-refractivity contribution in [3.05, 3.63) is 89.8 Å². The average molecular weight is 576 g/mol. The Kier molecular flexibility index (Phi) is 2.99.